The summed E-state index contributed by atoms with van der Waals surface area (Å²) in [5.41, 5.74) is 4.23. The molecule has 4 heteroatoms. The van der Waals surface area contributed by atoms with Crippen molar-refractivity contribution in [3.8, 4) is 11.5 Å². The summed E-state index contributed by atoms with van der Waals surface area (Å²) >= 11 is 0. The Kier molecular flexibility index (Phi) is 8.34. The van der Waals surface area contributed by atoms with Gasteiger partial charge < -0.3 is 14.8 Å². The van der Waals surface area contributed by atoms with Crippen LogP contribution in [0.5, 0.6) is 11.5 Å². The first-order valence-electron chi connectivity index (χ1n) is 11.2. The number of aromatic nitrogens is 1. The summed E-state index contributed by atoms with van der Waals surface area (Å²) in [5.74, 6) is 2.82. The molecule has 164 valence electrons. The summed E-state index contributed by atoms with van der Waals surface area (Å²) in [4.78, 5) is 4.32. The highest BCUT2D eigenvalue weighted by atomic mass is 16.5. The van der Waals surface area contributed by atoms with E-state index in [2.05, 4.69) is 62.3 Å². The highest BCUT2D eigenvalue weighted by molar-refractivity contribution is 5.66. The number of rotatable bonds is 11. The molecule has 0 aliphatic heterocycles. The van der Waals surface area contributed by atoms with Crippen LogP contribution in [0.4, 0.5) is 11.4 Å². The summed E-state index contributed by atoms with van der Waals surface area (Å²) < 4.78 is 11.9. The molecular formula is C27H34N2O2. The normalized spacial score (nSPS) is 11.0. The molecule has 0 saturated heterocycles. The molecule has 1 aromatic heterocycles. The van der Waals surface area contributed by atoms with E-state index in [0.717, 1.165) is 41.6 Å². The number of anilines is 2. The van der Waals surface area contributed by atoms with Gasteiger partial charge in [0.1, 0.15) is 18.1 Å². The molecule has 0 fully saturated rings. The number of benzene rings is 2. The summed E-state index contributed by atoms with van der Waals surface area (Å²) in [6, 6.07) is 20.2. The Hall–Kier alpha value is -3.01. The Morgan fingerprint density at radius 3 is 2.45 bits per heavy atom. The SMILES string of the molecule is CC(C)CCCOc1cccc(Nc2ccc(OCc3ccccn3)cc2C(C)C)c1. The van der Waals surface area contributed by atoms with Gasteiger partial charge in [-0.1, -0.05) is 39.8 Å². The van der Waals surface area contributed by atoms with Crippen molar-refractivity contribution >= 4 is 11.4 Å². The monoisotopic (exact) mass is 418 g/mol. The van der Waals surface area contributed by atoms with Crippen LogP contribution >= 0.6 is 0 Å². The molecule has 2 aromatic carbocycles. The standard InChI is InChI=1S/C27H34N2O2/c1-20(2)9-8-16-30-24-12-7-11-22(17-24)29-27-14-13-25(18-26(27)21(3)4)31-19-23-10-5-6-15-28-23/h5-7,10-15,17-18,20-21,29H,8-9,16,19H2,1-4H3. The van der Waals surface area contributed by atoms with E-state index in [0.29, 0.717) is 18.4 Å². The van der Waals surface area contributed by atoms with Crippen LogP contribution in [-0.2, 0) is 6.61 Å². The van der Waals surface area contributed by atoms with Crippen molar-refractivity contribution in [2.24, 2.45) is 5.92 Å². The summed E-state index contributed by atoms with van der Waals surface area (Å²) in [7, 11) is 0. The van der Waals surface area contributed by atoms with Gasteiger partial charge in [0.2, 0.25) is 0 Å². The number of ether oxygens (including phenoxy) is 2. The van der Waals surface area contributed by atoms with E-state index < -0.39 is 0 Å². The summed E-state index contributed by atoms with van der Waals surface area (Å²) in [6.07, 6.45) is 4.05. The Morgan fingerprint density at radius 2 is 1.71 bits per heavy atom. The summed E-state index contributed by atoms with van der Waals surface area (Å²) in [6.45, 7) is 10.1. The molecule has 1 N–H and O–H groups in total. The zero-order chi connectivity index (χ0) is 22.1. The van der Waals surface area contributed by atoms with E-state index in [9.17, 15) is 0 Å². The van der Waals surface area contributed by atoms with Crippen molar-refractivity contribution in [2.45, 2.75) is 53.1 Å². The maximum atomic E-state index is 5.97. The molecule has 0 spiro atoms. The predicted octanol–water partition coefficient (Wildman–Crippen LogP) is 7.34. The van der Waals surface area contributed by atoms with Gasteiger partial charge in [-0.3, -0.25) is 4.98 Å². The van der Waals surface area contributed by atoms with Crippen LogP contribution in [0.2, 0.25) is 0 Å². The fourth-order valence-corrected chi connectivity index (χ4v) is 3.36. The van der Waals surface area contributed by atoms with Gasteiger partial charge >= 0.3 is 0 Å². The lowest BCUT2D eigenvalue weighted by molar-refractivity contribution is 0.298. The first-order valence-corrected chi connectivity index (χ1v) is 11.2. The Labute approximate surface area is 186 Å². The molecule has 3 aromatic rings. The van der Waals surface area contributed by atoms with Crippen molar-refractivity contribution in [1.29, 1.82) is 0 Å². The first-order chi connectivity index (χ1) is 15.0. The third kappa shape index (κ3) is 7.32. The Morgan fingerprint density at radius 1 is 0.871 bits per heavy atom. The van der Waals surface area contributed by atoms with Gasteiger partial charge in [-0.05, 0) is 72.7 Å². The second-order valence-corrected chi connectivity index (χ2v) is 8.55. The lowest BCUT2D eigenvalue weighted by Crippen LogP contribution is -2.02. The maximum Gasteiger partial charge on any atom is 0.130 e. The van der Waals surface area contributed by atoms with E-state index in [-0.39, 0.29) is 0 Å². The van der Waals surface area contributed by atoms with Crippen molar-refractivity contribution < 1.29 is 9.47 Å². The first kappa shape index (κ1) is 22.7. The van der Waals surface area contributed by atoms with Crippen LogP contribution in [-0.4, -0.2) is 11.6 Å². The lowest BCUT2D eigenvalue weighted by Gasteiger charge is -2.17. The fraction of sp³-hybridized carbons (Fsp3) is 0.370. The van der Waals surface area contributed by atoms with E-state index in [1.165, 1.54) is 12.0 Å². The van der Waals surface area contributed by atoms with Gasteiger partial charge in [-0.15, -0.1) is 0 Å². The molecule has 0 atom stereocenters. The highest BCUT2D eigenvalue weighted by Gasteiger charge is 2.10. The zero-order valence-corrected chi connectivity index (χ0v) is 19.1. The number of hydrogen-bond donors (Lipinski definition) is 1. The van der Waals surface area contributed by atoms with Crippen LogP contribution in [0, 0.1) is 5.92 Å². The van der Waals surface area contributed by atoms with Gasteiger partial charge in [-0.2, -0.15) is 0 Å². The smallest absolute Gasteiger partial charge is 0.130 e. The molecule has 0 bridgehead atoms. The van der Waals surface area contributed by atoms with Gasteiger partial charge in [-0.25, -0.2) is 0 Å². The van der Waals surface area contributed by atoms with Gasteiger partial charge in [0.15, 0.2) is 0 Å². The second kappa shape index (κ2) is 11.4. The van der Waals surface area contributed by atoms with Crippen molar-refractivity contribution in [1.82, 2.24) is 4.98 Å². The van der Waals surface area contributed by atoms with E-state index in [4.69, 9.17) is 9.47 Å². The maximum absolute atomic E-state index is 5.97. The molecule has 0 unspecified atom stereocenters. The minimum Gasteiger partial charge on any atom is -0.494 e. The average molecular weight is 419 g/mol. The van der Waals surface area contributed by atoms with Crippen LogP contribution in [0.25, 0.3) is 0 Å². The van der Waals surface area contributed by atoms with E-state index in [1.807, 2.05) is 36.4 Å². The molecule has 1 heterocycles. The van der Waals surface area contributed by atoms with Gasteiger partial charge in [0.05, 0.1) is 12.3 Å². The van der Waals surface area contributed by atoms with Crippen molar-refractivity contribution in [3.63, 3.8) is 0 Å². The molecular weight excluding hydrogens is 384 g/mol. The van der Waals surface area contributed by atoms with Crippen molar-refractivity contribution in [3.05, 3.63) is 78.1 Å². The van der Waals surface area contributed by atoms with Crippen LogP contribution < -0.4 is 14.8 Å². The van der Waals surface area contributed by atoms with Gasteiger partial charge in [0, 0.05) is 23.6 Å². The molecule has 31 heavy (non-hydrogen) atoms. The second-order valence-electron chi connectivity index (χ2n) is 8.55. The molecule has 3 rings (SSSR count). The fourth-order valence-electron chi connectivity index (χ4n) is 3.36. The Bertz CT molecular complexity index is 939. The minimum atomic E-state index is 0.358. The minimum absolute atomic E-state index is 0.358. The highest BCUT2D eigenvalue weighted by Crippen LogP contribution is 2.32. The molecule has 0 radical (unpaired) electrons. The molecule has 0 aliphatic carbocycles. The third-order valence-electron chi connectivity index (χ3n) is 5.07. The third-order valence-corrected chi connectivity index (χ3v) is 5.07. The van der Waals surface area contributed by atoms with Crippen LogP contribution in [0.3, 0.4) is 0 Å². The average Bonchev–Trinajstić information content (AvgIpc) is 2.77. The zero-order valence-electron chi connectivity index (χ0n) is 19.1. The van der Waals surface area contributed by atoms with Crippen molar-refractivity contribution in [2.75, 3.05) is 11.9 Å². The molecule has 0 aliphatic rings. The van der Waals surface area contributed by atoms with E-state index >= 15 is 0 Å². The van der Waals surface area contributed by atoms with E-state index in [1.54, 1.807) is 6.20 Å². The quantitative estimate of drug-likeness (QED) is 0.331. The Balaban J connectivity index is 1.66. The number of pyridine rings is 1. The summed E-state index contributed by atoms with van der Waals surface area (Å²) in [5, 5.41) is 3.56. The molecule has 0 amide bonds. The van der Waals surface area contributed by atoms with Gasteiger partial charge in [0.25, 0.3) is 0 Å². The lowest BCUT2D eigenvalue weighted by atomic mass is 10.0. The van der Waals surface area contributed by atoms with Crippen LogP contribution in [0.1, 0.15) is 57.7 Å². The predicted molar refractivity (Wildman–Crippen MR) is 128 cm³/mol. The number of nitrogens with one attached hydrogen (secondary N) is 1. The number of hydrogen-bond acceptors (Lipinski definition) is 4. The molecule has 4 nitrogen and oxygen atoms in total. The number of nitrogens with zero attached hydrogens (tertiary/aromatic N) is 1. The molecule has 0 saturated carbocycles. The topological polar surface area (TPSA) is 43.4 Å². The van der Waals surface area contributed by atoms with Crippen LogP contribution in [0.15, 0.2) is 66.9 Å². The largest absolute Gasteiger partial charge is 0.494 e.